The molecule has 0 aliphatic heterocycles. The molecule has 3 nitrogen and oxygen atoms in total. The maximum atomic E-state index is 13.9. The molecule has 0 aliphatic carbocycles. The number of carbonyl (C=O) groups excluding carboxylic acids is 2. The van der Waals surface area contributed by atoms with Gasteiger partial charge < -0.3 is 4.74 Å². The fraction of sp³-hybridized carbons (Fsp3) is 0.0968. The Morgan fingerprint density at radius 1 is 0.714 bits per heavy atom. The minimum Gasteiger partial charge on any atom is -0.497 e. The van der Waals surface area contributed by atoms with E-state index >= 15 is 0 Å². The molecular weight excluding hydrogens is 500 g/mol. The third kappa shape index (κ3) is 5.95. The van der Waals surface area contributed by atoms with Gasteiger partial charge in [0.2, 0.25) is 0 Å². The van der Waals surface area contributed by atoms with Crippen molar-refractivity contribution < 1.29 is 14.3 Å². The van der Waals surface area contributed by atoms with E-state index in [2.05, 4.69) is 27.8 Å². The van der Waals surface area contributed by atoms with Gasteiger partial charge in [0.25, 0.3) is 0 Å². The zero-order valence-corrected chi connectivity index (χ0v) is 20.7. The fourth-order valence-corrected chi connectivity index (χ4v) is 4.11. The van der Waals surface area contributed by atoms with Crippen molar-refractivity contribution in [3.05, 3.63) is 136 Å². The second kappa shape index (κ2) is 11.5. The molecule has 0 saturated carbocycles. The number of benzene rings is 4. The Labute approximate surface area is 213 Å². The molecule has 0 saturated heterocycles. The van der Waals surface area contributed by atoms with E-state index in [1.54, 1.807) is 55.6 Å². The second-order valence-corrected chi connectivity index (χ2v) is 8.88. The summed E-state index contributed by atoms with van der Waals surface area (Å²) in [4.78, 5) is 27.7. The first-order valence-electron chi connectivity index (χ1n) is 11.2. The van der Waals surface area contributed by atoms with Gasteiger partial charge in [-0.15, -0.1) is 0 Å². The van der Waals surface area contributed by atoms with Crippen LogP contribution in [0.1, 0.15) is 37.8 Å². The molecule has 4 rings (SSSR count). The van der Waals surface area contributed by atoms with Gasteiger partial charge in [0, 0.05) is 21.2 Å². The van der Waals surface area contributed by atoms with Crippen LogP contribution >= 0.6 is 15.9 Å². The summed E-state index contributed by atoms with van der Waals surface area (Å²) < 4.78 is 6.17. The van der Waals surface area contributed by atoms with Crippen LogP contribution in [0.3, 0.4) is 0 Å². The van der Waals surface area contributed by atoms with Gasteiger partial charge >= 0.3 is 0 Å². The first kappa shape index (κ1) is 24.2. The van der Waals surface area contributed by atoms with Gasteiger partial charge in [-0.1, -0.05) is 101 Å². The quantitative estimate of drug-likeness (QED) is 0.149. The lowest BCUT2D eigenvalue weighted by atomic mass is 9.77. The summed E-state index contributed by atoms with van der Waals surface area (Å²) >= 11 is 3.41. The molecule has 35 heavy (non-hydrogen) atoms. The molecule has 0 N–H and O–H groups in total. The molecule has 0 radical (unpaired) electrons. The zero-order chi connectivity index (χ0) is 24.6. The third-order valence-electron chi connectivity index (χ3n) is 5.71. The van der Waals surface area contributed by atoms with Gasteiger partial charge in [0.05, 0.1) is 13.0 Å². The molecule has 2 atom stereocenters. The van der Waals surface area contributed by atoms with Crippen molar-refractivity contribution in [3.63, 3.8) is 0 Å². The molecule has 0 fully saturated rings. The number of carbonyl (C=O) groups is 2. The van der Waals surface area contributed by atoms with Crippen LogP contribution in [0.15, 0.2) is 114 Å². The fourth-order valence-electron chi connectivity index (χ4n) is 3.85. The molecule has 0 spiro atoms. The van der Waals surface area contributed by atoms with Crippen LogP contribution < -0.4 is 4.74 Å². The predicted molar refractivity (Wildman–Crippen MR) is 142 cm³/mol. The highest BCUT2D eigenvalue weighted by molar-refractivity contribution is 9.10. The molecule has 0 heterocycles. The van der Waals surface area contributed by atoms with Crippen LogP contribution in [0.25, 0.3) is 0 Å². The summed E-state index contributed by atoms with van der Waals surface area (Å²) in [6.07, 6.45) is 0. The molecular formula is C31H23BrO3. The molecule has 0 amide bonds. The summed E-state index contributed by atoms with van der Waals surface area (Å²) in [6, 6.07) is 32.9. The molecule has 4 aromatic rings. The van der Waals surface area contributed by atoms with Crippen LogP contribution in [-0.2, 0) is 0 Å². The van der Waals surface area contributed by atoms with Gasteiger partial charge in [-0.05, 0) is 42.0 Å². The molecule has 0 bridgehead atoms. The molecule has 2 unspecified atom stereocenters. The van der Waals surface area contributed by atoms with E-state index < -0.39 is 11.8 Å². The highest BCUT2D eigenvalue weighted by atomic mass is 79.9. The standard InChI is InChI=1S/C31H23BrO3/c1-35-27-19-15-23(16-20-27)28(21-12-22-8-4-2-5-9-22)29(30(33)24-10-6-3-7-11-24)31(34)25-13-17-26(32)18-14-25/h2-11,13-20,28-29H,1H3. The van der Waals surface area contributed by atoms with Gasteiger partial charge in [-0.25, -0.2) is 0 Å². The minimum atomic E-state index is -1.02. The highest BCUT2D eigenvalue weighted by Crippen LogP contribution is 2.32. The van der Waals surface area contributed by atoms with Crippen molar-refractivity contribution in [1.82, 2.24) is 0 Å². The van der Waals surface area contributed by atoms with Gasteiger partial charge in [-0.2, -0.15) is 0 Å². The summed E-state index contributed by atoms with van der Waals surface area (Å²) in [5.74, 6) is 4.91. The number of ketones is 2. The van der Waals surface area contributed by atoms with Crippen LogP contribution in [0, 0.1) is 17.8 Å². The SMILES string of the molecule is COc1ccc(C(C#Cc2ccccc2)C(C(=O)c2ccccc2)C(=O)c2ccc(Br)cc2)cc1. The number of Topliss-reactive ketones (excluding diaryl/α,β-unsaturated/α-hetero) is 2. The highest BCUT2D eigenvalue weighted by Gasteiger charge is 2.36. The van der Waals surface area contributed by atoms with Crippen molar-refractivity contribution >= 4 is 27.5 Å². The lowest BCUT2D eigenvalue weighted by Gasteiger charge is -2.22. The maximum absolute atomic E-state index is 13.9. The number of rotatable bonds is 7. The monoisotopic (exact) mass is 522 g/mol. The van der Waals surface area contributed by atoms with Crippen molar-refractivity contribution in [2.24, 2.45) is 5.92 Å². The van der Waals surface area contributed by atoms with Crippen LogP contribution in [0.4, 0.5) is 0 Å². The first-order chi connectivity index (χ1) is 17.1. The summed E-state index contributed by atoms with van der Waals surface area (Å²) in [6.45, 7) is 0. The largest absolute Gasteiger partial charge is 0.497 e. The molecule has 4 aromatic carbocycles. The van der Waals surface area contributed by atoms with Crippen LogP contribution in [0.2, 0.25) is 0 Å². The van der Waals surface area contributed by atoms with Crippen molar-refractivity contribution in [2.75, 3.05) is 7.11 Å². The number of methoxy groups -OCH3 is 1. The Bertz CT molecular complexity index is 1350. The average molecular weight is 523 g/mol. The van der Waals surface area contributed by atoms with E-state index in [9.17, 15) is 9.59 Å². The first-order valence-corrected chi connectivity index (χ1v) is 12.0. The minimum absolute atomic E-state index is 0.262. The summed E-state index contributed by atoms with van der Waals surface area (Å²) in [7, 11) is 1.60. The normalized spacial score (nSPS) is 12.1. The van der Waals surface area contributed by atoms with Gasteiger partial charge in [-0.3, -0.25) is 9.59 Å². The Morgan fingerprint density at radius 2 is 1.26 bits per heavy atom. The van der Waals surface area contributed by atoms with Crippen molar-refractivity contribution in [2.45, 2.75) is 5.92 Å². The van der Waals surface area contributed by atoms with Crippen molar-refractivity contribution in [1.29, 1.82) is 0 Å². The number of hydrogen-bond acceptors (Lipinski definition) is 3. The summed E-state index contributed by atoms with van der Waals surface area (Å²) in [5.41, 5.74) is 2.52. The Kier molecular flexibility index (Phi) is 7.92. The van der Waals surface area contributed by atoms with E-state index in [1.165, 1.54) is 0 Å². The number of hydrogen-bond donors (Lipinski definition) is 0. The average Bonchev–Trinajstić information content (AvgIpc) is 2.92. The van der Waals surface area contributed by atoms with Gasteiger partial charge in [0.15, 0.2) is 11.6 Å². The Morgan fingerprint density at radius 3 is 1.83 bits per heavy atom. The lowest BCUT2D eigenvalue weighted by Crippen LogP contribution is -2.30. The van der Waals surface area contributed by atoms with E-state index in [0.29, 0.717) is 16.9 Å². The number of halogens is 1. The summed E-state index contributed by atoms with van der Waals surface area (Å²) in [5, 5.41) is 0. The van der Waals surface area contributed by atoms with E-state index in [0.717, 1.165) is 15.6 Å². The smallest absolute Gasteiger partial charge is 0.175 e. The lowest BCUT2D eigenvalue weighted by molar-refractivity contribution is 0.0797. The predicted octanol–water partition coefficient (Wildman–Crippen LogP) is 6.98. The van der Waals surface area contributed by atoms with Crippen LogP contribution in [0.5, 0.6) is 5.75 Å². The van der Waals surface area contributed by atoms with E-state index in [4.69, 9.17) is 4.74 Å². The second-order valence-electron chi connectivity index (χ2n) is 7.97. The van der Waals surface area contributed by atoms with E-state index in [-0.39, 0.29) is 11.6 Å². The molecule has 0 aliphatic rings. The third-order valence-corrected chi connectivity index (χ3v) is 6.23. The van der Waals surface area contributed by atoms with Gasteiger partial charge in [0.1, 0.15) is 11.7 Å². The maximum Gasteiger partial charge on any atom is 0.175 e. The topological polar surface area (TPSA) is 43.4 Å². The molecule has 0 aromatic heterocycles. The van der Waals surface area contributed by atoms with Crippen molar-refractivity contribution in [3.8, 4) is 17.6 Å². The number of ether oxygens (including phenoxy) is 1. The Hall–Kier alpha value is -3.94. The van der Waals surface area contributed by atoms with Crippen LogP contribution in [-0.4, -0.2) is 18.7 Å². The molecule has 4 heteroatoms. The zero-order valence-electron chi connectivity index (χ0n) is 19.1. The van der Waals surface area contributed by atoms with E-state index in [1.807, 2.05) is 60.7 Å². The molecule has 172 valence electrons. The Balaban J connectivity index is 1.86.